The summed E-state index contributed by atoms with van der Waals surface area (Å²) in [6, 6.07) is 0. The van der Waals surface area contributed by atoms with Gasteiger partial charge in [-0.05, 0) is 26.3 Å². The predicted octanol–water partition coefficient (Wildman–Crippen LogP) is 1.38. The summed E-state index contributed by atoms with van der Waals surface area (Å²) in [6.07, 6.45) is -0.635. The Morgan fingerprint density at radius 1 is 1.46 bits per heavy atom. The van der Waals surface area contributed by atoms with Crippen molar-refractivity contribution < 1.29 is 15.0 Å². The summed E-state index contributed by atoms with van der Waals surface area (Å²) in [7, 11) is 0. The van der Waals surface area contributed by atoms with Crippen LogP contribution in [0.3, 0.4) is 0 Å². The first-order valence-electron chi connectivity index (χ1n) is 4.05. The van der Waals surface area contributed by atoms with Crippen molar-refractivity contribution in [1.82, 2.24) is 4.98 Å². The average molecular weight is 183 g/mol. The van der Waals surface area contributed by atoms with E-state index >= 15 is 0 Å². The van der Waals surface area contributed by atoms with E-state index in [0.29, 0.717) is 16.8 Å². The third-order valence-electron chi connectivity index (χ3n) is 2.13. The zero-order valence-corrected chi connectivity index (χ0v) is 7.88. The van der Waals surface area contributed by atoms with Crippen LogP contribution in [0.25, 0.3) is 0 Å². The minimum atomic E-state index is -0.993. The lowest BCUT2D eigenvalue weighted by atomic mass is 10.1. The van der Waals surface area contributed by atoms with E-state index in [1.165, 1.54) is 0 Å². The van der Waals surface area contributed by atoms with Gasteiger partial charge in [0.2, 0.25) is 0 Å². The molecule has 1 heterocycles. The van der Waals surface area contributed by atoms with Crippen LogP contribution >= 0.6 is 0 Å². The quantitative estimate of drug-likeness (QED) is 0.648. The smallest absolute Gasteiger partial charge is 0.352 e. The van der Waals surface area contributed by atoms with E-state index < -0.39 is 12.1 Å². The van der Waals surface area contributed by atoms with Crippen LogP contribution in [0.5, 0.6) is 0 Å². The van der Waals surface area contributed by atoms with Crippen molar-refractivity contribution in [3.8, 4) is 0 Å². The van der Waals surface area contributed by atoms with Crippen LogP contribution in [0.4, 0.5) is 0 Å². The van der Waals surface area contributed by atoms with Gasteiger partial charge in [0.25, 0.3) is 0 Å². The van der Waals surface area contributed by atoms with Crippen molar-refractivity contribution in [2.24, 2.45) is 0 Å². The molecule has 0 saturated heterocycles. The lowest BCUT2D eigenvalue weighted by Crippen LogP contribution is -1.99. The number of H-pyrrole nitrogens is 1. The van der Waals surface area contributed by atoms with Gasteiger partial charge in [0.15, 0.2) is 0 Å². The fourth-order valence-corrected chi connectivity index (χ4v) is 1.61. The number of aromatic nitrogens is 1. The van der Waals surface area contributed by atoms with Crippen molar-refractivity contribution in [3.63, 3.8) is 0 Å². The highest BCUT2D eigenvalue weighted by Gasteiger charge is 2.18. The number of aromatic carboxylic acids is 1. The summed E-state index contributed by atoms with van der Waals surface area (Å²) >= 11 is 0. The van der Waals surface area contributed by atoms with Crippen LogP contribution in [0.1, 0.15) is 40.3 Å². The summed E-state index contributed by atoms with van der Waals surface area (Å²) in [5, 5.41) is 18.1. The van der Waals surface area contributed by atoms with E-state index in [0.717, 1.165) is 0 Å². The molecule has 1 rings (SSSR count). The molecule has 0 bridgehead atoms. The third kappa shape index (κ3) is 1.58. The first kappa shape index (κ1) is 9.80. The topological polar surface area (TPSA) is 73.3 Å². The molecule has 0 radical (unpaired) electrons. The molecule has 0 saturated carbocycles. The number of carbonyl (C=O) groups is 1. The predicted molar refractivity (Wildman–Crippen MR) is 47.9 cm³/mol. The van der Waals surface area contributed by atoms with Crippen LogP contribution in [-0.4, -0.2) is 21.2 Å². The molecule has 0 aromatic carbocycles. The van der Waals surface area contributed by atoms with E-state index in [9.17, 15) is 9.90 Å². The zero-order chi connectivity index (χ0) is 10.2. The standard InChI is InChI=1S/C9H13NO3/c1-4-7(6(3)11)5(2)10-8(4)9(12)13/h6,10-11H,1-3H3,(H,12,13)/t6-/m0/s1. The van der Waals surface area contributed by atoms with E-state index in [4.69, 9.17) is 5.11 Å². The Kier molecular flexibility index (Phi) is 2.43. The van der Waals surface area contributed by atoms with Crippen LogP contribution in [0, 0.1) is 13.8 Å². The fourth-order valence-electron chi connectivity index (χ4n) is 1.61. The maximum atomic E-state index is 10.7. The molecule has 4 heteroatoms. The summed E-state index contributed by atoms with van der Waals surface area (Å²) in [5.41, 5.74) is 2.16. The SMILES string of the molecule is Cc1[nH]c(C(=O)O)c(C)c1[C@H](C)O. The normalized spacial score (nSPS) is 12.9. The first-order valence-corrected chi connectivity index (χ1v) is 4.05. The van der Waals surface area contributed by atoms with Gasteiger partial charge in [-0.1, -0.05) is 0 Å². The number of aliphatic hydroxyl groups is 1. The Balaban J connectivity index is 3.30. The Morgan fingerprint density at radius 3 is 2.23 bits per heavy atom. The van der Waals surface area contributed by atoms with E-state index in [1.807, 2.05) is 0 Å². The molecule has 1 aromatic rings. The number of hydrogen-bond acceptors (Lipinski definition) is 2. The van der Waals surface area contributed by atoms with Gasteiger partial charge in [-0.2, -0.15) is 0 Å². The molecule has 1 aromatic heterocycles. The van der Waals surface area contributed by atoms with Gasteiger partial charge >= 0.3 is 5.97 Å². The Bertz CT molecular complexity index is 339. The van der Waals surface area contributed by atoms with Crippen LogP contribution in [-0.2, 0) is 0 Å². The van der Waals surface area contributed by atoms with Crippen LogP contribution in [0.15, 0.2) is 0 Å². The molecule has 0 spiro atoms. The number of carboxylic acids is 1. The van der Waals surface area contributed by atoms with Crippen molar-refractivity contribution in [2.45, 2.75) is 26.9 Å². The van der Waals surface area contributed by atoms with E-state index in [2.05, 4.69) is 4.98 Å². The molecule has 0 unspecified atom stereocenters. The molecule has 0 aliphatic rings. The summed E-state index contributed by atoms with van der Waals surface area (Å²) < 4.78 is 0. The number of carboxylic acid groups (broad SMARTS) is 1. The highest BCUT2D eigenvalue weighted by molar-refractivity contribution is 5.88. The second-order valence-corrected chi connectivity index (χ2v) is 3.14. The maximum Gasteiger partial charge on any atom is 0.352 e. The third-order valence-corrected chi connectivity index (χ3v) is 2.13. The number of rotatable bonds is 2. The largest absolute Gasteiger partial charge is 0.477 e. The van der Waals surface area contributed by atoms with Crippen molar-refractivity contribution in [3.05, 3.63) is 22.5 Å². The van der Waals surface area contributed by atoms with E-state index in [-0.39, 0.29) is 5.69 Å². The lowest BCUT2D eigenvalue weighted by Gasteiger charge is -2.04. The molecule has 0 amide bonds. The molecular weight excluding hydrogens is 170 g/mol. The van der Waals surface area contributed by atoms with Gasteiger partial charge in [0.05, 0.1) is 6.10 Å². The molecule has 1 atom stereocenters. The Hall–Kier alpha value is -1.29. The second kappa shape index (κ2) is 3.22. The molecule has 0 fully saturated rings. The summed E-state index contributed by atoms with van der Waals surface area (Å²) in [4.78, 5) is 13.4. The highest BCUT2D eigenvalue weighted by atomic mass is 16.4. The Morgan fingerprint density at radius 2 is 2.00 bits per heavy atom. The number of nitrogens with one attached hydrogen (secondary N) is 1. The average Bonchev–Trinajstić information content (AvgIpc) is 2.26. The minimum absolute atomic E-state index is 0.161. The van der Waals surface area contributed by atoms with Gasteiger partial charge in [0, 0.05) is 11.3 Å². The molecule has 13 heavy (non-hydrogen) atoms. The summed E-state index contributed by atoms with van der Waals surface area (Å²) in [5.74, 6) is -0.993. The molecule has 4 nitrogen and oxygen atoms in total. The van der Waals surface area contributed by atoms with E-state index in [1.54, 1.807) is 20.8 Å². The van der Waals surface area contributed by atoms with Gasteiger partial charge in [-0.15, -0.1) is 0 Å². The van der Waals surface area contributed by atoms with Crippen LogP contribution < -0.4 is 0 Å². The van der Waals surface area contributed by atoms with Crippen molar-refractivity contribution in [2.75, 3.05) is 0 Å². The maximum absolute atomic E-state index is 10.7. The van der Waals surface area contributed by atoms with Gasteiger partial charge in [-0.3, -0.25) is 0 Å². The fraction of sp³-hybridized carbons (Fsp3) is 0.444. The molecular formula is C9H13NO3. The molecule has 0 aliphatic carbocycles. The number of aromatic amines is 1. The van der Waals surface area contributed by atoms with Gasteiger partial charge in [0.1, 0.15) is 5.69 Å². The summed E-state index contributed by atoms with van der Waals surface area (Å²) in [6.45, 7) is 5.06. The first-order chi connectivity index (χ1) is 5.95. The lowest BCUT2D eigenvalue weighted by molar-refractivity contribution is 0.0690. The van der Waals surface area contributed by atoms with Crippen LogP contribution in [0.2, 0.25) is 0 Å². The molecule has 0 aliphatic heterocycles. The van der Waals surface area contributed by atoms with Crippen molar-refractivity contribution >= 4 is 5.97 Å². The zero-order valence-electron chi connectivity index (χ0n) is 7.88. The number of aryl methyl sites for hydroxylation is 1. The Labute approximate surface area is 76.2 Å². The number of hydrogen-bond donors (Lipinski definition) is 3. The van der Waals surface area contributed by atoms with Gasteiger partial charge < -0.3 is 15.2 Å². The highest BCUT2D eigenvalue weighted by Crippen LogP contribution is 2.24. The minimum Gasteiger partial charge on any atom is -0.477 e. The van der Waals surface area contributed by atoms with Crippen molar-refractivity contribution in [1.29, 1.82) is 0 Å². The van der Waals surface area contributed by atoms with Gasteiger partial charge in [-0.25, -0.2) is 4.79 Å². The monoisotopic (exact) mass is 183 g/mol. The molecule has 72 valence electrons. The second-order valence-electron chi connectivity index (χ2n) is 3.14. The number of aliphatic hydroxyl groups excluding tert-OH is 1. The molecule has 3 N–H and O–H groups in total.